The second-order valence-corrected chi connectivity index (χ2v) is 11.2. The van der Waals surface area contributed by atoms with Crippen molar-refractivity contribution in [1.29, 1.82) is 0 Å². The van der Waals surface area contributed by atoms with Crippen LogP contribution in [0.3, 0.4) is 0 Å². The van der Waals surface area contributed by atoms with Gasteiger partial charge in [-0.1, -0.05) is 65.4 Å². The van der Waals surface area contributed by atoms with E-state index in [9.17, 15) is 9.59 Å². The third-order valence-corrected chi connectivity index (χ3v) is 8.35. The molecular formula is C33H27ClN4O4S. The van der Waals surface area contributed by atoms with E-state index in [0.717, 1.165) is 22.4 Å². The van der Waals surface area contributed by atoms with Gasteiger partial charge in [0.1, 0.15) is 11.4 Å². The molecule has 216 valence electrons. The lowest BCUT2D eigenvalue weighted by molar-refractivity contribution is -0.139. The summed E-state index contributed by atoms with van der Waals surface area (Å²) in [6, 6.07) is 23.8. The van der Waals surface area contributed by atoms with Crippen molar-refractivity contribution in [2.45, 2.75) is 19.9 Å². The summed E-state index contributed by atoms with van der Waals surface area (Å²) in [5.74, 6) is 0.160. The van der Waals surface area contributed by atoms with Crippen molar-refractivity contribution >= 4 is 35.0 Å². The number of methoxy groups -OCH3 is 1. The predicted molar refractivity (Wildman–Crippen MR) is 167 cm³/mol. The third kappa shape index (κ3) is 5.45. The maximum absolute atomic E-state index is 14.2. The number of nitrogens with zero attached hydrogens (tertiary/aromatic N) is 4. The van der Waals surface area contributed by atoms with Gasteiger partial charge in [-0.25, -0.2) is 14.5 Å². The zero-order chi connectivity index (χ0) is 30.1. The molecule has 3 heterocycles. The maximum Gasteiger partial charge on any atom is 0.338 e. The van der Waals surface area contributed by atoms with Gasteiger partial charge < -0.3 is 9.47 Å². The number of halogens is 1. The summed E-state index contributed by atoms with van der Waals surface area (Å²) in [5, 5.41) is 5.49. The molecule has 10 heteroatoms. The predicted octanol–water partition coefficient (Wildman–Crippen LogP) is 5.31. The van der Waals surface area contributed by atoms with Crippen LogP contribution in [0, 0.1) is 0 Å². The highest BCUT2D eigenvalue weighted by Crippen LogP contribution is 2.32. The highest BCUT2D eigenvalue weighted by Gasteiger charge is 2.33. The molecule has 1 unspecified atom stereocenters. The van der Waals surface area contributed by atoms with E-state index >= 15 is 0 Å². The first-order valence-corrected chi connectivity index (χ1v) is 14.8. The molecular weight excluding hydrogens is 584 g/mol. The summed E-state index contributed by atoms with van der Waals surface area (Å²) in [7, 11) is 1.59. The fourth-order valence-electron chi connectivity index (χ4n) is 5.07. The first-order valence-electron chi connectivity index (χ1n) is 13.6. The maximum atomic E-state index is 14.2. The van der Waals surface area contributed by atoms with Crippen molar-refractivity contribution in [3.8, 4) is 22.7 Å². The van der Waals surface area contributed by atoms with E-state index in [2.05, 4.69) is 4.99 Å². The molecule has 0 aliphatic carbocycles. The topological polar surface area (TPSA) is 87.7 Å². The van der Waals surface area contributed by atoms with E-state index in [1.165, 1.54) is 11.3 Å². The van der Waals surface area contributed by atoms with Gasteiger partial charge in [-0.2, -0.15) is 5.10 Å². The Balaban J connectivity index is 1.55. The van der Waals surface area contributed by atoms with Crippen LogP contribution >= 0.6 is 22.9 Å². The zero-order valence-electron chi connectivity index (χ0n) is 23.7. The average molecular weight is 611 g/mol. The number of carbonyl (C=O) groups excluding carboxylic acids is 1. The van der Waals surface area contributed by atoms with Crippen LogP contribution < -0.4 is 19.6 Å². The van der Waals surface area contributed by atoms with Gasteiger partial charge >= 0.3 is 5.97 Å². The van der Waals surface area contributed by atoms with E-state index in [1.807, 2.05) is 79.0 Å². The Morgan fingerprint density at radius 2 is 1.77 bits per heavy atom. The molecule has 0 saturated carbocycles. The first-order chi connectivity index (χ1) is 20.9. The molecule has 1 aliphatic heterocycles. The number of aromatic nitrogens is 3. The largest absolute Gasteiger partial charge is 0.497 e. The Morgan fingerprint density at radius 1 is 1.05 bits per heavy atom. The minimum Gasteiger partial charge on any atom is -0.497 e. The molecule has 2 aromatic heterocycles. The molecule has 3 aromatic carbocycles. The number of esters is 1. The summed E-state index contributed by atoms with van der Waals surface area (Å²) in [6.45, 7) is 3.72. The number of carbonyl (C=O) groups is 1. The molecule has 0 radical (unpaired) electrons. The van der Waals surface area contributed by atoms with Gasteiger partial charge in [0, 0.05) is 22.3 Å². The van der Waals surface area contributed by atoms with Crippen molar-refractivity contribution in [1.82, 2.24) is 14.3 Å². The van der Waals surface area contributed by atoms with Crippen molar-refractivity contribution < 1.29 is 14.3 Å². The molecule has 0 N–H and O–H groups in total. The highest BCUT2D eigenvalue weighted by molar-refractivity contribution is 7.07. The smallest absolute Gasteiger partial charge is 0.338 e. The second kappa shape index (κ2) is 11.9. The van der Waals surface area contributed by atoms with Crippen LogP contribution in [-0.2, 0) is 9.53 Å². The molecule has 0 bridgehead atoms. The van der Waals surface area contributed by atoms with Gasteiger partial charge in [0.05, 0.1) is 41.2 Å². The monoisotopic (exact) mass is 610 g/mol. The van der Waals surface area contributed by atoms with Gasteiger partial charge in [-0.15, -0.1) is 0 Å². The van der Waals surface area contributed by atoms with Crippen molar-refractivity contribution in [2.24, 2.45) is 4.99 Å². The third-order valence-electron chi connectivity index (χ3n) is 7.12. The van der Waals surface area contributed by atoms with Crippen molar-refractivity contribution in [3.63, 3.8) is 0 Å². The van der Waals surface area contributed by atoms with E-state index < -0.39 is 12.0 Å². The van der Waals surface area contributed by atoms with Gasteiger partial charge in [-0.3, -0.25) is 9.36 Å². The van der Waals surface area contributed by atoms with E-state index in [-0.39, 0.29) is 12.2 Å². The fraction of sp³-hybridized carbons (Fsp3) is 0.152. The molecule has 1 atom stereocenters. The summed E-state index contributed by atoms with van der Waals surface area (Å²) in [4.78, 5) is 32.5. The normalized spacial score (nSPS) is 14.8. The summed E-state index contributed by atoms with van der Waals surface area (Å²) < 4.78 is 14.6. The first kappa shape index (κ1) is 28.4. The lowest BCUT2D eigenvalue weighted by Gasteiger charge is -2.24. The number of allylic oxidation sites excluding steroid dienone is 1. The van der Waals surface area contributed by atoms with Crippen LogP contribution in [0.1, 0.15) is 31.0 Å². The molecule has 43 heavy (non-hydrogen) atoms. The second-order valence-electron chi connectivity index (χ2n) is 9.80. The van der Waals surface area contributed by atoms with E-state index in [0.29, 0.717) is 37.1 Å². The molecule has 0 spiro atoms. The molecule has 1 aliphatic rings. The Hall–Kier alpha value is -4.73. The number of rotatable bonds is 7. The summed E-state index contributed by atoms with van der Waals surface area (Å²) in [5.41, 5.74) is 4.48. The Kier molecular flexibility index (Phi) is 7.84. The van der Waals surface area contributed by atoms with Crippen LogP contribution in [0.4, 0.5) is 0 Å². The van der Waals surface area contributed by atoms with Crippen LogP contribution in [0.15, 0.2) is 106 Å². The van der Waals surface area contributed by atoms with Crippen molar-refractivity contribution in [2.75, 3.05) is 13.7 Å². The van der Waals surface area contributed by atoms with Gasteiger partial charge in [0.2, 0.25) is 0 Å². The summed E-state index contributed by atoms with van der Waals surface area (Å²) in [6.07, 6.45) is 3.72. The fourth-order valence-corrected chi connectivity index (χ4v) is 6.24. The molecule has 8 nitrogen and oxygen atoms in total. The van der Waals surface area contributed by atoms with Gasteiger partial charge in [0.15, 0.2) is 4.80 Å². The van der Waals surface area contributed by atoms with Gasteiger partial charge in [0.25, 0.3) is 5.56 Å². The van der Waals surface area contributed by atoms with E-state index in [1.54, 1.807) is 42.3 Å². The zero-order valence-corrected chi connectivity index (χ0v) is 25.2. The lowest BCUT2D eigenvalue weighted by atomic mass is 9.96. The SMILES string of the molecule is CCOC(=O)C1=C(C)N=c2s/c(=C\c3cn(-c4ccccc4)nc3-c3ccc(Cl)cc3)c(=O)n2C1c1ccc(OC)cc1. The average Bonchev–Trinajstić information content (AvgIpc) is 3.58. The van der Waals surface area contributed by atoms with Crippen molar-refractivity contribution in [3.05, 3.63) is 132 Å². The molecule has 6 rings (SSSR count). The Bertz CT molecular complexity index is 2030. The molecule has 0 fully saturated rings. The number of hydrogen-bond acceptors (Lipinski definition) is 7. The Labute approximate surface area is 256 Å². The van der Waals surface area contributed by atoms with Crippen LogP contribution in [-0.4, -0.2) is 34.0 Å². The Morgan fingerprint density at radius 3 is 2.44 bits per heavy atom. The molecule has 5 aromatic rings. The summed E-state index contributed by atoms with van der Waals surface area (Å²) >= 11 is 7.43. The number of fused-ring (bicyclic) bond motifs is 1. The van der Waals surface area contributed by atoms with Crippen LogP contribution in [0.25, 0.3) is 23.0 Å². The molecule has 0 saturated heterocycles. The van der Waals surface area contributed by atoms with Crippen LogP contribution in [0.2, 0.25) is 5.02 Å². The highest BCUT2D eigenvalue weighted by atomic mass is 35.5. The quantitative estimate of drug-likeness (QED) is 0.233. The number of para-hydroxylation sites is 1. The number of thiazole rings is 1. The number of ether oxygens (including phenoxy) is 2. The van der Waals surface area contributed by atoms with E-state index in [4.69, 9.17) is 26.2 Å². The van der Waals surface area contributed by atoms with Crippen LogP contribution in [0.5, 0.6) is 5.75 Å². The number of hydrogen-bond donors (Lipinski definition) is 0. The standard InChI is InChI=1S/C33H27ClN4O4S/c1-4-42-32(40)28-20(2)35-33-38(30(28)22-12-16-26(41-3)17-13-22)31(39)27(43-33)18-23-19-37(25-8-6-5-7-9-25)36-29(23)21-10-14-24(34)15-11-21/h5-19,30H,4H2,1-3H3/b27-18-. The lowest BCUT2D eigenvalue weighted by Crippen LogP contribution is -2.39. The minimum absolute atomic E-state index is 0.203. The number of benzene rings is 3. The minimum atomic E-state index is -0.717. The molecule has 0 amide bonds. The van der Waals surface area contributed by atoms with Gasteiger partial charge in [-0.05, 0) is 61.9 Å².